The fourth-order valence-corrected chi connectivity index (χ4v) is 4.57. The average molecular weight is 491 g/mol. The maximum Gasteiger partial charge on any atom is 0.258 e. The van der Waals surface area contributed by atoms with Gasteiger partial charge in [-0.1, -0.05) is 37.2 Å². The van der Waals surface area contributed by atoms with Gasteiger partial charge in [-0.15, -0.1) is 0 Å². The lowest BCUT2D eigenvalue weighted by Gasteiger charge is -2.37. The van der Waals surface area contributed by atoms with Gasteiger partial charge in [-0.05, 0) is 93.2 Å². The monoisotopic (exact) mass is 490 g/mol. The molecule has 2 heterocycles. The lowest BCUT2D eigenvalue weighted by molar-refractivity contribution is 0.340. The molecule has 0 saturated heterocycles. The summed E-state index contributed by atoms with van der Waals surface area (Å²) in [5.74, 6) is 2.43. The Morgan fingerprint density at radius 1 is 1.09 bits per heavy atom. The predicted octanol–water partition coefficient (Wildman–Crippen LogP) is 6.46. The molecule has 35 heavy (non-hydrogen) atoms. The van der Waals surface area contributed by atoms with Gasteiger partial charge < -0.3 is 19.5 Å². The van der Waals surface area contributed by atoms with Crippen molar-refractivity contribution >= 4 is 22.9 Å². The van der Waals surface area contributed by atoms with Crippen molar-refractivity contribution in [2.45, 2.75) is 54.0 Å². The first kappa shape index (κ1) is 24.9. The topological polar surface area (TPSA) is 63.4 Å². The van der Waals surface area contributed by atoms with E-state index < -0.39 is 0 Å². The average Bonchev–Trinajstić information content (AvgIpc) is 3.30. The van der Waals surface area contributed by atoms with Crippen molar-refractivity contribution in [3.8, 4) is 17.1 Å². The molecule has 4 rings (SSSR count). The fraction of sp³-hybridized carbons (Fsp3) is 0.393. The summed E-state index contributed by atoms with van der Waals surface area (Å²) in [4.78, 5) is 6.97. The summed E-state index contributed by atoms with van der Waals surface area (Å²) in [5, 5.41) is 8.59. The summed E-state index contributed by atoms with van der Waals surface area (Å²) in [6, 6.07) is 14.1. The zero-order valence-electron chi connectivity index (χ0n) is 21.4. The Kier molecular flexibility index (Phi) is 7.55. The molecule has 1 aliphatic heterocycles. The molecule has 1 unspecified atom stereocenters. The van der Waals surface area contributed by atoms with E-state index in [1.807, 2.05) is 31.2 Å². The molecule has 6 nitrogen and oxygen atoms in total. The van der Waals surface area contributed by atoms with Crippen molar-refractivity contribution in [3.63, 3.8) is 0 Å². The van der Waals surface area contributed by atoms with Crippen LogP contribution in [-0.2, 0) is 0 Å². The second-order valence-corrected chi connectivity index (χ2v) is 9.83. The van der Waals surface area contributed by atoms with Crippen LogP contribution in [0, 0.1) is 19.8 Å². The van der Waals surface area contributed by atoms with Crippen molar-refractivity contribution in [3.05, 3.63) is 70.7 Å². The highest BCUT2D eigenvalue weighted by Gasteiger charge is 2.34. The van der Waals surface area contributed by atoms with E-state index in [-0.39, 0.29) is 6.04 Å². The minimum atomic E-state index is -0.175. The standard InChI is InChI=1S/C28H34N4O2S/c1-7-33-23-12-10-21(11-13-23)26-30-27(34-31-26)24-20(6)32(15-14-17(2)3)28(35)29-25(24)22-9-8-18(4)19(5)16-22/h8-13,16-17,25H,7,14-15H2,1-6H3,(H,29,35). The first-order valence-electron chi connectivity index (χ1n) is 12.2. The van der Waals surface area contributed by atoms with E-state index in [0.29, 0.717) is 24.2 Å². The molecule has 1 aromatic heterocycles. The van der Waals surface area contributed by atoms with Crippen LogP contribution >= 0.6 is 12.2 Å². The molecule has 0 aliphatic carbocycles. The van der Waals surface area contributed by atoms with Crippen molar-refractivity contribution < 1.29 is 9.26 Å². The van der Waals surface area contributed by atoms with Crippen molar-refractivity contribution in [1.29, 1.82) is 0 Å². The van der Waals surface area contributed by atoms with Gasteiger partial charge in [-0.2, -0.15) is 4.98 Å². The third kappa shape index (κ3) is 5.40. The van der Waals surface area contributed by atoms with Gasteiger partial charge in [0.05, 0.1) is 18.2 Å². The number of hydrogen-bond donors (Lipinski definition) is 1. The molecular weight excluding hydrogens is 456 g/mol. The third-order valence-corrected chi connectivity index (χ3v) is 6.81. The maximum atomic E-state index is 5.86. The molecule has 7 heteroatoms. The molecular formula is C28H34N4O2S. The van der Waals surface area contributed by atoms with E-state index in [1.54, 1.807) is 0 Å². The molecule has 1 aliphatic rings. The van der Waals surface area contributed by atoms with Crippen LogP contribution in [0.2, 0.25) is 0 Å². The largest absolute Gasteiger partial charge is 0.494 e. The number of thiocarbonyl (C=S) groups is 1. The molecule has 0 amide bonds. The SMILES string of the molecule is CCOc1ccc(-c2noc(C3=C(C)N(CCC(C)C)C(=S)NC3c3ccc(C)c(C)c3)n2)cc1. The smallest absolute Gasteiger partial charge is 0.258 e. The quantitative estimate of drug-likeness (QED) is 0.364. The number of nitrogens with one attached hydrogen (secondary N) is 1. The lowest BCUT2D eigenvalue weighted by Crippen LogP contribution is -2.46. The van der Waals surface area contributed by atoms with Gasteiger partial charge in [0.2, 0.25) is 5.82 Å². The van der Waals surface area contributed by atoms with E-state index in [0.717, 1.165) is 46.2 Å². The van der Waals surface area contributed by atoms with Crippen molar-refractivity contribution in [2.75, 3.05) is 13.2 Å². The molecule has 2 aromatic carbocycles. The summed E-state index contributed by atoms with van der Waals surface area (Å²) in [6.45, 7) is 14.2. The van der Waals surface area contributed by atoms with Crippen LogP contribution in [0.3, 0.4) is 0 Å². The first-order chi connectivity index (χ1) is 16.8. The zero-order chi connectivity index (χ0) is 25.1. The number of aromatic nitrogens is 2. The van der Waals surface area contributed by atoms with Crippen LogP contribution in [-0.4, -0.2) is 33.3 Å². The van der Waals surface area contributed by atoms with Gasteiger partial charge in [0.25, 0.3) is 5.89 Å². The van der Waals surface area contributed by atoms with E-state index in [2.05, 4.69) is 68.2 Å². The van der Waals surface area contributed by atoms with Gasteiger partial charge in [0.15, 0.2) is 5.11 Å². The number of ether oxygens (including phenoxy) is 1. The molecule has 0 radical (unpaired) electrons. The van der Waals surface area contributed by atoms with Crippen LogP contribution in [0.1, 0.15) is 62.7 Å². The number of benzene rings is 2. The number of hydrogen-bond acceptors (Lipinski definition) is 5. The Morgan fingerprint density at radius 3 is 2.49 bits per heavy atom. The molecule has 0 saturated carbocycles. The van der Waals surface area contributed by atoms with Gasteiger partial charge in [0.1, 0.15) is 5.75 Å². The predicted molar refractivity (Wildman–Crippen MR) is 144 cm³/mol. The minimum absolute atomic E-state index is 0.175. The van der Waals surface area contributed by atoms with Crippen molar-refractivity contribution in [1.82, 2.24) is 20.4 Å². The molecule has 1 atom stereocenters. The molecule has 184 valence electrons. The first-order valence-corrected chi connectivity index (χ1v) is 12.6. The molecule has 1 N–H and O–H groups in total. The van der Waals surface area contributed by atoms with E-state index in [9.17, 15) is 0 Å². The maximum absolute atomic E-state index is 5.86. The lowest BCUT2D eigenvalue weighted by atomic mass is 9.92. The van der Waals surface area contributed by atoms with Crippen LogP contribution in [0.25, 0.3) is 17.0 Å². The number of aryl methyl sites for hydroxylation is 2. The normalized spacial score (nSPS) is 16.1. The Labute approximate surface area is 213 Å². The summed E-state index contributed by atoms with van der Waals surface area (Å²) in [7, 11) is 0. The van der Waals surface area contributed by atoms with E-state index in [1.165, 1.54) is 11.1 Å². The van der Waals surface area contributed by atoms with Crippen molar-refractivity contribution in [2.24, 2.45) is 5.92 Å². The number of allylic oxidation sites excluding steroid dienone is 1. The summed E-state index contributed by atoms with van der Waals surface area (Å²) < 4.78 is 11.4. The Hall–Kier alpha value is -3.19. The van der Waals surface area contributed by atoms with Crippen LogP contribution in [0.15, 0.2) is 52.7 Å². The second kappa shape index (κ2) is 10.6. The van der Waals surface area contributed by atoms with E-state index in [4.69, 9.17) is 26.5 Å². The molecule has 0 spiro atoms. The van der Waals surface area contributed by atoms with E-state index >= 15 is 0 Å². The minimum Gasteiger partial charge on any atom is -0.494 e. The molecule has 0 fully saturated rings. The Balaban J connectivity index is 1.76. The Bertz CT molecular complexity index is 1230. The highest BCUT2D eigenvalue weighted by atomic mass is 32.1. The van der Waals surface area contributed by atoms with Crippen LogP contribution in [0.4, 0.5) is 0 Å². The zero-order valence-corrected chi connectivity index (χ0v) is 22.2. The Morgan fingerprint density at radius 2 is 1.83 bits per heavy atom. The second-order valence-electron chi connectivity index (χ2n) is 9.44. The van der Waals surface area contributed by atoms with Gasteiger partial charge in [-0.25, -0.2) is 0 Å². The van der Waals surface area contributed by atoms with Gasteiger partial charge in [0, 0.05) is 17.8 Å². The van der Waals surface area contributed by atoms with Gasteiger partial charge >= 0.3 is 0 Å². The number of rotatable bonds is 8. The van der Waals surface area contributed by atoms with Crippen LogP contribution < -0.4 is 10.1 Å². The highest BCUT2D eigenvalue weighted by Crippen LogP contribution is 2.38. The molecule has 0 bridgehead atoms. The van der Waals surface area contributed by atoms with Crippen LogP contribution in [0.5, 0.6) is 5.75 Å². The third-order valence-electron chi connectivity index (χ3n) is 6.47. The summed E-state index contributed by atoms with van der Waals surface area (Å²) in [5.41, 5.74) is 6.47. The highest BCUT2D eigenvalue weighted by molar-refractivity contribution is 7.80. The molecule has 3 aromatic rings. The fourth-order valence-electron chi connectivity index (χ4n) is 4.23. The number of nitrogens with zero attached hydrogens (tertiary/aromatic N) is 3. The summed E-state index contributed by atoms with van der Waals surface area (Å²) in [6.07, 6.45) is 1.03. The summed E-state index contributed by atoms with van der Waals surface area (Å²) >= 11 is 5.81. The van der Waals surface area contributed by atoms with Gasteiger partial charge in [-0.3, -0.25) is 0 Å².